The molecule has 4 nitrogen and oxygen atoms in total. The van der Waals surface area contributed by atoms with Crippen LogP contribution in [0.1, 0.15) is 23.0 Å². The van der Waals surface area contributed by atoms with E-state index < -0.39 is 6.10 Å². The van der Waals surface area contributed by atoms with Gasteiger partial charge >= 0.3 is 0 Å². The molecule has 18 heavy (non-hydrogen) atoms. The van der Waals surface area contributed by atoms with Crippen molar-refractivity contribution in [1.82, 2.24) is 0 Å². The van der Waals surface area contributed by atoms with Gasteiger partial charge in [-0.1, -0.05) is 12.1 Å². The molecular weight excluding hydrogens is 230 g/mol. The lowest BCUT2D eigenvalue weighted by Gasteiger charge is -2.12. The van der Waals surface area contributed by atoms with Crippen molar-refractivity contribution in [1.29, 1.82) is 0 Å². The summed E-state index contributed by atoms with van der Waals surface area (Å²) < 4.78 is 5.18. The molecule has 1 aromatic heterocycles. The zero-order chi connectivity index (χ0) is 12.7. The van der Waals surface area contributed by atoms with Gasteiger partial charge in [0.25, 0.3) is 0 Å². The molecule has 1 aromatic carbocycles. The number of aliphatic hydroxyl groups excluding tert-OH is 1. The van der Waals surface area contributed by atoms with Crippen molar-refractivity contribution in [2.24, 2.45) is 0 Å². The summed E-state index contributed by atoms with van der Waals surface area (Å²) in [6.07, 6.45) is 1.14. The molecule has 1 amide bonds. The van der Waals surface area contributed by atoms with Crippen LogP contribution in [-0.4, -0.2) is 18.1 Å². The summed E-state index contributed by atoms with van der Waals surface area (Å²) in [4.78, 5) is 13.2. The summed E-state index contributed by atoms with van der Waals surface area (Å²) in [6.45, 7) is 0. The van der Waals surface area contributed by atoms with Crippen molar-refractivity contribution in [3.05, 3.63) is 53.5 Å². The normalized spacial score (nSPS) is 15.9. The van der Waals surface area contributed by atoms with Gasteiger partial charge in [0.1, 0.15) is 11.9 Å². The highest BCUT2D eigenvalue weighted by molar-refractivity contribution is 6.00. The number of aliphatic hydroxyl groups is 1. The number of likely N-dealkylation sites (N-methyl/N-ethyl adjacent to an activating group) is 1. The Morgan fingerprint density at radius 3 is 2.94 bits per heavy atom. The Morgan fingerprint density at radius 1 is 1.39 bits per heavy atom. The Bertz CT molecular complexity index is 589. The van der Waals surface area contributed by atoms with Gasteiger partial charge in [0.05, 0.1) is 12.7 Å². The zero-order valence-electron chi connectivity index (χ0n) is 9.96. The van der Waals surface area contributed by atoms with E-state index in [9.17, 15) is 9.90 Å². The quantitative estimate of drug-likeness (QED) is 0.876. The molecule has 1 N–H and O–H groups in total. The molecular formula is C14H13NO3. The number of furan rings is 1. The summed E-state index contributed by atoms with van der Waals surface area (Å²) >= 11 is 0. The second-order valence-corrected chi connectivity index (χ2v) is 4.44. The highest BCUT2D eigenvalue weighted by atomic mass is 16.4. The molecule has 0 spiro atoms. The first-order chi connectivity index (χ1) is 8.66. The molecule has 3 rings (SSSR count). The SMILES string of the molecule is CN1C(=O)Cc2cc(C(O)c3ccco3)ccc21. The second-order valence-electron chi connectivity index (χ2n) is 4.44. The molecule has 1 aliphatic rings. The predicted octanol–water partition coefficient (Wildman–Crippen LogP) is 1.88. The summed E-state index contributed by atoms with van der Waals surface area (Å²) in [6, 6.07) is 9.02. The molecule has 0 radical (unpaired) electrons. The van der Waals surface area contributed by atoms with Crippen molar-refractivity contribution in [2.75, 3.05) is 11.9 Å². The fourth-order valence-electron chi connectivity index (χ4n) is 2.27. The summed E-state index contributed by atoms with van der Waals surface area (Å²) in [5, 5.41) is 10.2. The van der Waals surface area contributed by atoms with Gasteiger partial charge in [-0.05, 0) is 29.3 Å². The maximum Gasteiger partial charge on any atom is 0.231 e. The Kier molecular flexibility index (Phi) is 2.45. The molecule has 1 unspecified atom stereocenters. The van der Waals surface area contributed by atoms with Gasteiger partial charge in [-0.15, -0.1) is 0 Å². The third-order valence-electron chi connectivity index (χ3n) is 3.31. The van der Waals surface area contributed by atoms with E-state index in [1.54, 1.807) is 24.1 Å². The number of anilines is 1. The maximum absolute atomic E-state index is 11.6. The van der Waals surface area contributed by atoms with E-state index in [1.165, 1.54) is 6.26 Å². The summed E-state index contributed by atoms with van der Waals surface area (Å²) in [5.74, 6) is 0.585. The Morgan fingerprint density at radius 2 is 2.22 bits per heavy atom. The zero-order valence-corrected chi connectivity index (χ0v) is 9.96. The maximum atomic E-state index is 11.6. The number of hydrogen-bond acceptors (Lipinski definition) is 3. The molecule has 92 valence electrons. The largest absolute Gasteiger partial charge is 0.466 e. The lowest BCUT2D eigenvalue weighted by Crippen LogP contribution is -2.20. The topological polar surface area (TPSA) is 53.7 Å². The fourth-order valence-corrected chi connectivity index (χ4v) is 2.27. The lowest BCUT2D eigenvalue weighted by atomic mass is 10.0. The van der Waals surface area contributed by atoms with Crippen LogP contribution < -0.4 is 4.90 Å². The van der Waals surface area contributed by atoms with Crippen molar-refractivity contribution < 1.29 is 14.3 Å². The predicted molar refractivity (Wildman–Crippen MR) is 66.3 cm³/mol. The molecule has 2 aromatic rings. The molecule has 0 saturated carbocycles. The molecule has 2 heterocycles. The van der Waals surface area contributed by atoms with Crippen LogP contribution in [0.5, 0.6) is 0 Å². The highest BCUT2D eigenvalue weighted by Crippen LogP contribution is 2.31. The van der Waals surface area contributed by atoms with E-state index in [4.69, 9.17) is 4.42 Å². The Balaban J connectivity index is 1.97. The van der Waals surface area contributed by atoms with Gasteiger partial charge in [0.2, 0.25) is 5.91 Å². The van der Waals surface area contributed by atoms with Crippen LogP contribution in [0.4, 0.5) is 5.69 Å². The third kappa shape index (κ3) is 1.62. The number of amides is 1. The monoisotopic (exact) mass is 243 g/mol. The van der Waals surface area contributed by atoms with Crippen LogP contribution in [0.2, 0.25) is 0 Å². The second kappa shape index (κ2) is 3.99. The van der Waals surface area contributed by atoms with Gasteiger partial charge in [-0.25, -0.2) is 0 Å². The molecule has 0 fully saturated rings. The van der Waals surface area contributed by atoms with E-state index in [0.717, 1.165) is 16.8 Å². The number of nitrogens with zero attached hydrogens (tertiary/aromatic N) is 1. The van der Waals surface area contributed by atoms with E-state index in [2.05, 4.69) is 0 Å². The number of hydrogen-bond donors (Lipinski definition) is 1. The first-order valence-electron chi connectivity index (χ1n) is 5.77. The number of carbonyl (C=O) groups excluding carboxylic acids is 1. The van der Waals surface area contributed by atoms with E-state index in [-0.39, 0.29) is 5.91 Å². The molecule has 0 bridgehead atoms. The molecule has 4 heteroatoms. The molecule has 0 aliphatic carbocycles. The van der Waals surface area contributed by atoms with E-state index >= 15 is 0 Å². The smallest absolute Gasteiger partial charge is 0.231 e. The van der Waals surface area contributed by atoms with Crippen LogP contribution in [-0.2, 0) is 11.2 Å². The van der Waals surface area contributed by atoms with Gasteiger partial charge in [-0.2, -0.15) is 0 Å². The minimum Gasteiger partial charge on any atom is -0.466 e. The van der Waals surface area contributed by atoms with Gasteiger partial charge in [-0.3, -0.25) is 4.79 Å². The van der Waals surface area contributed by atoms with Crippen LogP contribution in [0.25, 0.3) is 0 Å². The number of benzene rings is 1. The van der Waals surface area contributed by atoms with Gasteiger partial charge in [0.15, 0.2) is 0 Å². The number of fused-ring (bicyclic) bond motifs is 1. The van der Waals surface area contributed by atoms with E-state index in [1.807, 2.05) is 18.2 Å². The number of carbonyl (C=O) groups is 1. The summed E-state index contributed by atoms with van der Waals surface area (Å²) in [7, 11) is 1.76. The standard InChI is InChI=1S/C14H13NO3/c1-15-11-5-4-9(7-10(11)8-13(15)16)14(17)12-3-2-6-18-12/h2-7,14,17H,8H2,1H3. The first-order valence-corrected chi connectivity index (χ1v) is 5.77. The minimum absolute atomic E-state index is 0.0784. The van der Waals surface area contributed by atoms with Crippen molar-refractivity contribution in [2.45, 2.75) is 12.5 Å². The summed E-state index contributed by atoms with van der Waals surface area (Å²) in [5.41, 5.74) is 2.60. The van der Waals surface area contributed by atoms with Crippen LogP contribution in [0.15, 0.2) is 41.0 Å². The van der Waals surface area contributed by atoms with Gasteiger partial charge in [0, 0.05) is 12.7 Å². The van der Waals surface area contributed by atoms with Gasteiger partial charge < -0.3 is 14.4 Å². The average molecular weight is 243 g/mol. The minimum atomic E-state index is -0.786. The average Bonchev–Trinajstić information content (AvgIpc) is 2.98. The Hall–Kier alpha value is -2.07. The fraction of sp³-hybridized carbons (Fsp3) is 0.214. The van der Waals surface area contributed by atoms with Crippen molar-refractivity contribution in [3.63, 3.8) is 0 Å². The van der Waals surface area contributed by atoms with Crippen LogP contribution in [0, 0.1) is 0 Å². The van der Waals surface area contributed by atoms with Crippen molar-refractivity contribution >= 4 is 11.6 Å². The molecule has 0 saturated heterocycles. The lowest BCUT2D eigenvalue weighted by molar-refractivity contribution is -0.117. The first kappa shape index (κ1) is 11.0. The van der Waals surface area contributed by atoms with E-state index in [0.29, 0.717) is 12.2 Å². The van der Waals surface area contributed by atoms with Crippen LogP contribution >= 0.6 is 0 Å². The molecule has 1 atom stereocenters. The number of rotatable bonds is 2. The highest BCUT2D eigenvalue weighted by Gasteiger charge is 2.25. The Labute approximate surface area is 104 Å². The molecule has 1 aliphatic heterocycles. The van der Waals surface area contributed by atoms with Crippen molar-refractivity contribution in [3.8, 4) is 0 Å². The third-order valence-corrected chi connectivity index (χ3v) is 3.31. The van der Waals surface area contributed by atoms with Crippen LogP contribution in [0.3, 0.4) is 0 Å².